The maximum Gasteiger partial charge on any atom is 0.339 e. The van der Waals surface area contributed by atoms with Crippen LogP contribution in [0.1, 0.15) is 33.0 Å². The largest absolute Gasteiger partial charge is 0.478 e. The maximum absolute atomic E-state index is 11.9. The summed E-state index contributed by atoms with van der Waals surface area (Å²) in [6.07, 6.45) is 0.285. The van der Waals surface area contributed by atoms with Crippen LogP contribution in [0, 0.1) is 13.8 Å². The number of rotatable bonds is 5. The fourth-order valence-corrected chi connectivity index (χ4v) is 2.10. The van der Waals surface area contributed by atoms with Gasteiger partial charge in [-0.1, -0.05) is 29.8 Å². The van der Waals surface area contributed by atoms with Gasteiger partial charge in [0.1, 0.15) is 17.1 Å². The van der Waals surface area contributed by atoms with Crippen molar-refractivity contribution in [2.45, 2.75) is 26.8 Å². The van der Waals surface area contributed by atoms with Crippen LogP contribution in [-0.4, -0.2) is 17.0 Å². The summed E-state index contributed by atoms with van der Waals surface area (Å²) in [5, 5.41) is 11.7. The molecule has 0 atom stereocenters. The van der Waals surface area contributed by atoms with Crippen molar-refractivity contribution < 1.29 is 19.1 Å². The first-order chi connectivity index (χ1) is 9.95. The fourth-order valence-electron chi connectivity index (χ4n) is 2.10. The van der Waals surface area contributed by atoms with Crippen LogP contribution in [0.15, 0.2) is 34.7 Å². The van der Waals surface area contributed by atoms with Gasteiger partial charge in [0.05, 0.1) is 13.0 Å². The Hall–Kier alpha value is -2.56. The number of aromatic carboxylic acids is 1. The minimum absolute atomic E-state index is 0.123. The summed E-state index contributed by atoms with van der Waals surface area (Å²) in [4.78, 5) is 22.8. The van der Waals surface area contributed by atoms with E-state index in [0.717, 1.165) is 11.1 Å². The highest BCUT2D eigenvalue weighted by molar-refractivity contribution is 5.88. The molecule has 1 aromatic heterocycles. The van der Waals surface area contributed by atoms with Gasteiger partial charge in [-0.2, -0.15) is 0 Å². The Kier molecular flexibility index (Phi) is 4.42. The normalized spacial score (nSPS) is 10.4. The van der Waals surface area contributed by atoms with Gasteiger partial charge >= 0.3 is 5.97 Å². The van der Waals surface area contributed by atoms with E-state index in [-0.39, 0.29) is 24.4 Å². The molecule has 5 heteroatoms. The lowest BCUT2D eigenvalue weighted by Gasteiger charge is -2.04. The molecule has 1 aromatic carbocycles. The SMILES string of the molecule is Cc1cccc(CC(=O)NCc2cc(C(=O)O)c(C)o2)c1. The first kappa shape index (κ1) is 14.8. The van der Waals surface area contributed by atoms with Crippen molar-refractivity contribution in [2.75, 3.05) is 0 Å². The van der Waals surface area contributed by atoms with E-state index in [2.05, 4.69) is 5.32 Å². The molecule has 1 amide bonds. The Morgan fingerprint density at radius 1 is 1.24 bits per heavy atom. The molecular weight excluding hydrogens is 270 g/mol. The zero-order valence-corrected chi connectivity index (χ0v) is 12.0. The van der Waals surface area contributed by atoms with Gasteiger partial charge in [0.2, 0.25) is 5.91 Å². The number of benzene rings is 1. The van der Waals surface area contributed by atoms with Crippen molar-refractivity contribution in [3.8, 4) is 0 Å². The predicted molar refractivity (Wildman–Crippen MR) is 77.1 cm³/mol. The van der Waals surface area contributed by atoms with Gasteiger partial charge in [-0.25, -0.2) is 4.79 Å². The van der Waals surface area contributed by atoms with E-state index in [9.17, 15) is 9.59 Å². The Bertz CT molecular complexity index is 673. The van der Waals surface area contributed by atoms with Gasteiger partial charge < -0.3 is 14.8 Å². The zero-order chi connectivity index (χ0) is 15.4. The molecule has 2 N–H and O–H groups in total. The minimum Gasteiger partial charge on any atom is -0.478 e. The summed E-state index contributed by atoms with van der Waals surface area (Å²) < 4.78 is 5.30. The van der Waals surface area contributed by atoms with E-state index in [1.54, 1.807) is 6.92 Å². The molecule has 21 heavy (non-hydrogen) atoms. The summed E-state index contributed by atoms with van der Waals surface area (Å²) in [6.45, 7) is 3.74. The van der Waals surface area contributed by atoms with Crippen LogP contribution in [0.25, 0.3) is 0 Å². The zero-order valence-electron chi connectivity index (χ0n) is 12.0. The number of carbonyl (C=O) groups is 2. The molecular formula is C16H17NO4. The first-order valence-electron chi connectivity index (χ1n) is 6.60. The van der Waals surface area contributed by atoms with Crippen molar-refractivity contribution in [1.29, 1.82) is 0 Å². The Morgan fingerprint density at radius 3 is 2.62 bits per heavy atom. The lowest BCUT2D eigenvalue weighted by molar-refractivity contribution is -0.120. The van der Waals surface area contributed by atoms with Crippen LogP contribution in [0.5, 0.6) is 0 Å². The molecule has 0 aliphatic heterocycles. The number of carbonyl (C=O) groups excluding carboxylic acids is 1. The number of carboxylic acid groups (broad SMARTS) is 1. The molecule has 0 spiro atoms. The summed E-state index contributed by atoms with van der Waals surface area (Å²) in [7, 11) is 0. The van der Waals surface area contributed by atoms with Crippen molar-refractivity contribution in [1.82, 2.24) is 5.32 Å². The molecule has 110 valence electrons. The summed E-state index contributed by atoms with van der Waals surface area (Å²) in [6, 6.07) is 9.17. The second-order valence-electron chi connectivity index (χ2n) is 4.93. The molecule has 0 saturated heterocycles. The van der Waals surface area contributed by atoms with Crippen LogP contribution in [0.4, 0.5) is 0 Å². The molecule has 2 aromatic rings. The standard InChI is InChI=1S/C16H17NO4/c1-10-4-3-5-12(6-10)7-15(18)17-9-13-8-14(16(19)20)11(2)21-13/h3-6,8H,7,9H2,1-2H3,(H,17,18)(H,19,20). The van der Waals surface area contributed by atoms with Gasteiger partial charge in [-0.3, -0.25) is 4.79 Å². The fraction of sp³-hybridized carbons (Fsp3) is 0.250. The van der Waals surface area contributed by atoms with Crippen LogP contribution in [0.2, 0.25) is 0 Å². The topological polar surface area (TPSA) is 79.5 Å². The molecule has 1 heterocycles. The molecule has 0 unspecified atom stereocenters. The number of hydrogen-bond donors (Lipinski definition) is 2. The number of hydrogen-bond acceptors (Lipinski definition) is 3. The maximum atomic E-state index is 11.9. The molecule has 0 radical (unpaired) electrons. The highest BCUT2D eigenvalue weighted by Crippen LogP contribution is 2.14. The van der Waals surface area contributed by atoms with E-state index in [1.165, 1.54) is 6.07 Å². The first-order valence-corrected chi connectivity index (χ1v) is 6.60. The summed E-state index contributed by atoms with van der Waals surface area (Å²) in [5.74, 6) is -0.395. The van der Waals surface area contributed by atoms with E-state index >= 15 is 0 Å². The number of aryl methyl sites for hydroxylation is 2. The summed E-state index contributed by atoms with van der Waals surface area (Å²) in [5.41, 5.74) is 2.17. The molecule has 0 fully saturated rings. The van der Waals surface area contributed by atoms with Crippen LogP contribution in [0.3, 0.4) is 0 Å². The number of carboxylic acids is 1. The van der Waals surface area contributed by atoms with Crippen LogP contribution in [-0.2, 0) is 17.8 Å². The van der Waals surface area contributed by atoms with Crippen molar-refractivity contribution in [3.63, 3.8) is 0 Å². The molecule has 0 bridgehead atoms. The summed E-state index contributed by atoms with van der Waals surface area (Å²) >= 11 is 0. The van der Waals surface area contributed by atoms with E-state index < -0.39 is 5.97 Å². The third kappa shape index (κ3) is 3.95. The molecule has 5 nitrogen and oxygen atoms in total. The number of amides is 1. The lowest BCUT2D eigenvalue weighted by atomic mass is 10.1. The Balaban J connectivity index is 1.92. The predicted octanol–water partition coefficient (Wildman–Crippen LogP) is 2.45. The highest BCUT2D eigenvalue weighted by atomic mass is 16.4. The van der Waals surface area contributed by atoms with E-state index in [1.807, 2.05) is 31.2 Å². The third-order valence-corrected chi connectivity index (χ3v) is 3.11. The molecule has 0 aliphatic rings. The molecule has 0 saturated carbocycles. The monoisotopic (exact) mass is 287 g/mol. The Labute approximate surface area is 122 Å². The Morgan fingerprint density at radius 2 is 2.00 bits per heavy atom. The smallest absolute Gasteiger partial charge is 0.339 e. The van der Waals surface area contributed by atoms with Gasteiger partial charge in [0.15, 0.2) is 0 Å². The van der Waals surface area contributed by atoms with Gasteiger partial charge in [-0.15, -0.1) is 0 Å². The van der Waals surface area contributed by atoms with Crippen LogP contribution >= 0.6 is 0 Å². The van der Waals surface area contributed by atoms with Gasteiger partial charge in [0, 0.05) is 0 Å². The molecule has 0 aliphatic carbocycles. The third-order valence-electron chi connectivity index (χ3n) is 3.11. The second kappa shape index (κ2) is 6.26. The molecule has 2 rings (SSSR count). The average Bonchev–Trinajstić information content (AvgIpc) is 2.78. The van der Waals surface area contributed by atoms with E-state index in [4.69, 9.17) is 9.52 Å². The van der Waals surface area contributed by atoms with Gasteiger partial charge in [0.25, 0.3) is 0 Å². The minimum atomic E-state index is -1.03. The van der Waals surface area contributed by atoms with Crippen molar-refractivity contribution in [2.24, 2.45) is 0 Å². The van der Waals surface area contributed by atoms with Crippen molar-refractivity contribution in [3.05, 3.63) is 58.5 Å². The van der Waals surface area contributed by atoms with Crippen molar-refractivity contribution >= 4 is 11.9 Å². The lowest BCUT2D eigenvalue weighted by Crippen LogP contribution is -2.24. The van der Waals surface area contributed by atoms with E-state index in [0.29, 0.717) is 11.5 Å². The number of furan rings is 1. The second-order valence-corrected chi connectivity index (χ2v) is 4.93. The number of nitrogens with one attached hydrogen (secondary N) is 1. The van der Waals surface area contributed by atoms with Crippen LogP contribution < -0.4 is 5.32 Å². The average molecular weight is 287 g/mol. The van der Waals surface area contributed by atoms with Gasteiger partial charge in [-0.05, 0) is 25.5 Å². The quantitative estimate of drug-likeness (QED) is 0.885. The highest BCUT2D eigenvalue weighted by Gasteiger charge is 2.14.